The highest BCUT2D eigenvalue weighted by Gasteiger charge is 2.18. The molecule has 1 rings (SSSR count). The molecule has 1 aliphatic carbocycles. The second-order valence-electron chi connectivity index (χ2n) is 7.23. The quantitative estimate of drug-likeness (QED) is 0.510. The van der Waals surface area contributed by atoms with Gasteiger partial charge in [-0.1, -0.05) is 52.0 Å². The summed E-state index contributed by atoms with van der Waals surface area (Å²) in [5, 5.41) is 9.45. The van der Waals surface area contributed by atoms with Crippen LogP contribution in [0, 0.1) is 17.8 Å². The van der Waals surface area contributed by atoms with Gasteiger partial charge in [-0.3, -0.25) is 4.79 Å². The summed E-state index contributed by atoms with van der Waals surface area (Å²) in [4.78, 5) is 12.1. The number of hydrogen-bond acceptors (Lipinski definition) is 2. The average Bonchev–Trinajstić information content (AvgIpc) is 2.43. The van der Waals surface area contributed by atoms with E-state index >= 15 is 0 Å². The van der Waals surface area contributed by atoms with Crippen LogP contribution in [0.3, 0.4) is 0 Å². The summed E-state index contributed by atoms with van der Waals surface area (Å²) < 4.78 is 0. The molecule has 2 heteroatoms. The summed E-state index contributed by atoms with van der Waals surface area (Å²) >= 11 is 0. The number of ketones is 1. The van der Waals surface area contributed by atoms with Gasteiger partial charge in [0, 0.05) is 12.3 Å². The van der Waals surface area contributed by atoms with Gasteiger partial charge < -0.3 is 5.11 Å². The zero-order chi connectivity index (χ0) is 15.8. The lowest BCUT2D eigenvalue weighted by atomic mass is 9.80. The lowest BCUT2D eigenvalue weighted by molar-refractivity contribution is -0.121. The Hall–Kier alpha value is -0.630. The minimum atomic E-state index is -0.450. The van der Waals surface area contributed by atoms with Gasteiger partial charge in [-0.25, -0.2) is 0 Å². The van der Waals surface area contributed by atoms with Gasteiger partial charge >= 0.3 is 0 Å². The SMILES string of the molecule is C/C(=C\[C@@H](C)C(=O)CCCCC1CCCC(C)C1)C(C)O. The molecule has 1 N–H and O–H groups in total. The van der Waals surface area contributed by atoms with Crippen LogP contribution in [0.15, 0.2) is 11.6 Å². The number of unbranched alkanes of at least 4 members (excludes halogenated alkanes) is 1. The fourth-order valence-corrected chi connectivity index (χ4v) is 3.41. The standard InChI is InChI=1S/C19H34O2/c1-14-8-7-10-18(12-14)9-5-6-11-19(21)16(3)13-15(2)17(4)20/h13-14,16-18,20H,5-12H2,1-4H3/b15-13+/t14?,16-,17?,18?/m1/s1. The van der Waals surface area contributed by atoms with Gasteiger partial charge in [-0.2, -0.15) is 0 Å². The Labute approximate surface area is 131 Å². The largest absolute Gasteiger partial charge is 0.389 e. The van der Waals surface area contributed by atoms with Crippen LogP contribution in [-0.2, 0) is 4.79 Å². The summed E-state index contributed by atoms with van der Waals surface area (Å²) in [7, 11) is 0. The summed E-state index contributed by atoms with van der Waals surface area (Å²) in [5.74, 6) is 2.05. The number of carbonyl (C=O) groups excluding carboxylic acids is 1. The van der Waals surface area contributed by atoms with Gasteiger partial charge in [0.1, 0.15) is 5.78 Å². The molecule has 21 heavy (non-hydrogen) atoms. The van der Waals surface area contributed by atoms with Crippen LogP contribution in [0.5, 0.6) is 0 Å². The Morgan fingerprint density at radius 1 is 1.29 bits per heavy atom. The molecule has 0 spiro atoms. The Kier molecular flexibility index (Phi) is 8.24. The predicted octanol–water partition coefficient (Wildman–Crippen LogP) is 4.91. The molecule has 0 aromatic heterocycles. The fourth-order valence-electron chi connectivity index (χ4n) is 3.41. The molecular formula is C19H34O2. The van der Waals surface area contributed by atoms with Crippen molar-refractivity contribution in [2.45, 2.75) is 85.2 Å². The van der Waals surface area contributed by atoms with Crippen molar-refractivity contribution < 1.29 is 9.90 Å². The van der Waals surface area contributed by atoms with Crippen LogP contribution in [0.4, 0.5) is 0 Å². The molecule has 0 amide bonds. The van der Waals surface area contributed by atoms with E-state index in [0.717, 1.165) is 23.8 Å². The summed E-state index contributed by atoms with van der Waals surface area (Å²) in [6, 6.07) is 0. The maximum Gasteiger partial charge on any atom is 0.139 e. The molecule has 0 saturated heterocycles. The van der Waals surface area contributed by atoms with Crippen molar-refractivity contribution >= 4 is 5.78 Å². The van der Waals surface area contributed by atoms with E-state index in [9.17, 15) is 9.90 Å². The summed E-state index contributed by atoms with van der Waals surface area (Å²) in [5.41, 5.74) is 0.895. The van der Waals surface area contributed by atoms with Crippen LogP contribution in [0.1, 0.15) is 79.1 Å². The van der Waals surface area contributed by atoms with Gasteiger partial charge in [-0.15, -0.1) is 0 Å². The molecule has 3 unspecified atom stereocenters. The van der Waals surface area contributed by atoms with Gasteiger partial charge in [-0.05, 0) is 44.1 Å². The molecule has 0 radical (unpaired) electrons. The van der Waals surface area contributed by atoms with Crippen molar-refractivity contribution in [2.24, 2.45) is 17.8 Å². The minimum Gasteiger partial charge on any atom is -0.389 e. The zero-order valence-electron chi connectivity index (χ0n) is 14.4. The third-order valence-corrected chi connectivity index (χ3v) is 5.01. The highest BCUT2D eigenvalue weighted by Crippen LogP contribution is 2.31. The van der Waals surface area contributed by atoms with E-state index in [1.165, 1.54) is 38.5 Å². The van der Waals surface area contributed by atoms with Crippen molar-refractivity contribution in [3.8, 4) is 0 Å². The number of aliphatic hydroxyl groups excluding tert-OH is 1. The predicted molar refractivity (Wildman–Crippen MR) is 89.2 cm³/mol. The second kappa shape index (κ2) is 9.40. The maximum atomic E-state index is 12.1. The molecule has 0 bridgehead atoms. The number of hydrogen-bond donors (Lipinski definition) is 1. The van der Waals surface area contributed by atoms with Crippen LogP contribution >= 0.6 is 0 Å². The van der Waals surface area contributed by atoms with Crippen LogP contribution in [0.25, 0.3) is 0 Å². The number of aliphatic hydroxyl groups is 1. The highest BCUT2D eigenvalue weighted by atomic mass is 16.3. The maximum absolute atomic E-state index is 12.1. The van der Waals surface area contributed by atoms with E-state index in [0.29, 0.717) is 12.2 Å². The Morgan fingerprint density at radius 3 is 2.62 bits per heavy atom. The second-order valence-corrected chi connectivity index (χ2v) is 7.23. The van der Waals surface area contributed by atoms with E-state index in [1.54, 1.807) is 6.92 Å². The molecule has 0 aromatic rings. The minimum absolute atomic E-state index is 0.0608. The third-order valence-electron chi connectivity index (χ3n) is 5.01. The van der Waals surface area contributed by atoms with Crippen molar-refractivity contribution in [3.63, 3.8) is 0 Å². The first kappa shape index (κ1) is 18.4. The topological polar surface area (TPSA) is 37.3 Å². The van der Waals surface area contributed by atoms with Gasteiger partial charge in [0.25, 0.3) is 0 Å². The number of allylic oxidation sites excluding steroid dienone is 1. The molecular weight excluding hydrogens is 260 g/mol. The highest BCUT2D eigenvalue weighted by molar-refractivity contribution is 5.82. The Balaban J connectivity index is 2.19. The molecule has 0 heterocycles. The summed E-state index contributed by atoms with van der Waals surface area (Å²) in [6.07, 6.45) is 11.2. The number of rotatable bonds is 8. The van der Waals surface area contributed by atoms with E-state index < -0.39 is 6.10 Å². The van der Waals surface area contributed by atoms with Crippen LogP contribution < -0.4 is 0 Å². The van der Waals surface area contributed by atoms with Crippen molar-refractivity contribution in [1.82, 2.24) is 0 Å². The number of carbonyl (C=O) groups is 1. The van der Waals surface area contributed by atoms with Crippen LogP contribution in [-0.4, -0.2) is 17.0 Å². The van der Waals surface area contributed by atoms with Gasteiger partial charge in [0.15, 0.2) is 0 Å². The van der Waals surface area contributed by atoms with Gasteiger partial charge in [0.05, 0.1) is 6.10 Å². The molecule has 0 aliphatic heterocycles. The normalized spacial score (nSPS) is 26.4. The Morgan fingerprint density at radius 2 is 2.00 bits per heavy atom. The smallest absolute Gasteiger partial charge is 0.139 e. The molecule has 122 valence electrons. The van der Waals surface area contributed by atoms with Crippen molar-refractivity contribution in [3.05, 3.63) is 11.6 Å². The monoisotopic (exact) mass is 294 g/mol. The van der Waals surface area contributed by atoms with Gasteiger partial charge in [0.2, 0.25) is 0 Å². The molecule has 0 aromatic carbocycles. The fraction of sp³-hybridized carbons (Fsp3) is 0.842. The average molecular weight is 294 g/mol. The van der Waals surface area contributed by atoms with Crippen molar-refractivity contribution in [2.75, 3.05) is 0 Å². The molecule has 1 saturated carbocycles. The molecule has 1 fully saturated rings. The molecule has 4 atom stereocenters. The first-order chi connectivity index (χ1) is 9.90. The van der Waals surface area contributed by atoms with E-state index in [4.69, 9.17) is 0 Å². The first-order valence-corrected chi connectivity index (χ1v) is 8.79. The Bertz CT molecular complexity index is 343. The van der Waals surface area contributed by atoms with Crippen LogP contribution in [0.2, 0.25) is 0 Å². The van der Waals surface area contributed by atoms with E-state index in [2.05, 4.69) is 6.92 Å². The first-order valence-electron chi connectivity index (χ1n) is 8.79. The van der Waals surface area contributed by atoms with E-state index in [1.807, 2.05) is 19.9 Å². The zero-order valence-corrected chi connectivity index (χ0v) is 14.4. The summed E-state index contributed by atoms with van der Waals surface area (Å²) in [6.45, 7) is 7.94. The lowest BCUT2D eigenvalue weighted by Crippen LogP contribution is -2.14. The lowest BCUT2D eigenvalue weighted by Gasteiger charge is -2.26. The molecule has 1 aliphatic rings. The molecule has 2 nitrogen and oxygen atoms in total. The van der Waals surface area contributed by atoms with E-state index in [-0.39, 0.29) is 5.92 Å². The third kappa shape index (κ3) is 7.26. The van der Waals surface area contributed by atoms with Crippen molar-refractivity contribution in [1.29, 1.82) is 0 Å². The number of Topliss-reactive ketones (excluding diaryl/α,β-unsaturated/α-hetero) is 1.